The van der Waals surface area contributed by atoms with Gasteiger partial charge in [-0.1, -0.05) is 74.5 Å². The molecule has 1 fully saturated rings. The molecule has 0 radical (unpaired) electrons. The number of aliphatic hydroxyl groups is 2. The van der Waals surface area contributed by atoms with Gasteiger partial charge in [0.25, 0.3) is 11.8 Å². The zero-order valence-corrected chi connectivity index (χ0v) is 23.1. The second-order valence-electron chi connectivity index (χ2n) is 8.19. The Kier molecular flexibility index (Phi) is 12.7. The van der Waals surface area contributed by atoms with E-state index < -0.39 is 24.0 Å². The van der Waals surface area contributed by atoms with Gasteiger partial charge in [-0.05, 0) is 35.6 Å². The summed E-state index contributed by atoms with van der Waals surface area (Å²) in [6.07, 6.45) is -3.72. The Balaban J connectivity index is 0.00000235. The molecule has 9 heteroatoms. The van der Waals surface area contributed by atoms with Crippen molar-refractivity contribution in [3.63, 3.8) is 0 Å². The highest BCUT2D eigenvalue weighted by Gasteiger charge is 2.34. The lowest BCUT2D eigenvalue weighted by molar-refractivity contribution is -0.153. The van der Waals surface area contributed by atoms with Crippen LogP contribution in [0.25, 0.3) is 5.57 Å². The van der Waals surface area contributed by atoms with E-state index >= 15 is 0 Å². The molecule has 2 amide bonds. The van der Waals surface area contributed by atoms with Crippen molar-refractivity contribution in [2.75, 3.05) is 37.6 Å². The number of amides is 2. The van der Waals surface area contributed by atoms with E-state index in [0.29, 0.717) is 36.1 Å². The molecule has 0 aromatic heterocycles. The topological polar surface area (TPSA) is 93.1 Å². The number of carbonyl (C=O) groups excluding carboxylic acids is 2. The summed E-state index contributed by atoms with van der Waals surface area (Å²) in [5.41, 5.74) is 3.02. The van der Waals surface area contributed by atoms with E-state index in [9.17, 15) is 19.8 Å². The van der Waals surface area contributed by atoms with Crippen LogP contribution in [-0.2, 0) is 9.59 Å². The number of thioether (sulfide) groups is 1. The second-order valence-corrected chi connectivity index (χ2v) is 9.65. The second kappa shape index (κ2) is 15.5. The van der Waals surface area contributed by atoms with E-state index in [1.54, 1.807) is 6.07 Å². The molecule has 1 heterocycles. The minimum Gasteiger partial charge on any atom is -0.380 e. The molecule has 0 aliphatic carbocycles. The molecule has 37 heavy (non-hydrogen) atoms. The third-order valence-corrected chi connectivity index (χ3v) is 6.97. The molecule has 1 aliphatic heterocycles. The Labute approximate surface area is 228 Å². The zero-order valence-electron chi connectivity index (χ0n) is 21.6. The Morgan fingerprint density at radius 3 is 2.24 bits per heavy atom. The molecular formula is C28H36ClN3O4S. The van der Waals surface area contributed by atoms with Gasteiger partial charge in [0, 0.05) is 37.6 Å². The molecule has 3 N–H and O–H groups in total. The first-order valence-electron chi connectivity index (χ1n) is 12.3. The molecule has 0 saturated carbocycles. The highest BCUT2D eigenvalue weighted by atomic mass is 35.5. The minimum absolute atomic E-state index is 0.0938. The number of piperazine rings is 1. The summed E-state index contributed by atoms with van der Waals surface area (Å²) in [7, 11) is 0. The molecule has 2 aromatic carbocycles. The van der Waals surface area contributed by atoms with Gasteiger partial charge in [-0.15, -0.1) is 11.8 Å². The lowest BCUT2D eigenvalue weighted by Crippen LogP contribution is -2.55. The van der Waals surface area contributed by atoms with Gasteiger partial charge >= 0.3 is 0 Å². The molecule has 0 spiro atoms. The van der Waals surface area contributed by atoms with Crippen LogP contribution in [0, 0.1) is 0 Å². The predicted molar refractivity (Wildman–Crippen MR) is 153 cm³/mol. The number of anilines is 1. The Morgan fingerprint density at radius 1 is 1.03 bits per heavy atom. The largest absolute Gasteiger partial charge is 0.380 e. The number of nitrogens with one attached hydrogen (secondary N) is 1. The van der Waals surface area contributed by atoms with Gasteiger partial charge in [0.2, 0.25) is 0 Å². The fourth-order valence-corrected chi connectivity index (χ4v) is 4.50. The summed E-state index contributed by atoms with van der Waals surface area (Å²) in [5, 5.41) is 25.7. The number of nitrogens with zero attached hydrogens (tertiary/aromatic N) is 2. The first-order chi connectivity index (χ1) is 17.8. The lowest BCUT2D eigenvalue weighted by atomic mass is 10.1. The van der Waals surface area contributed by atoms with Crippen molar-refractivity contribution in [1.29, 1.82) is 0 Å². The lowest BCUT2D eigenvalue weighted by Gasteiger charge is -2.37. The van der Waals surface area contributed by atoms with Crippen LogP contribution in [0.3, 0.4) is 0 Å². The molecule has 2 aromatic rings. The van der Waals surface area contributed by atoms with Crippen LogP contribution in [0.1, 0.15) is 26.3 Å². The summed E-state index contributed by atoms with van der Waals surface area (Å²) in [4.78, 5) is 29.1. The van der Waals surface area contributed by atoms with E-state index in [-0.39, 0.29) is 6.54 Å². The van der Waals surface area contributed by atoms with Crippen molar-refractivity contribution in [3.8, 4) is 0 Å². The summed E-state index contributed by atoms with van der Waals surface area (Å²) in [6.45, 7) is 11.7. The predicted octanol–water partition coefficient (Wildman–Crippen LogP) is 4.16. The van der Waals surface area contributed by atoms with Gasteiger partial charge in [-0.2, -0.15) is 0 Å². The number of carbonyl (C=O) groups is 2. The van der Waals surface area contributed by atoms with Gasteiger partial charge in [-0.25, -0.2) is 0 Å². The van der Waals surface area contributed by atoms with Gasteiger partial charge in [0.1, 0.15) is 0 Å². The monoisotopic (exact) mass is 545 g/mol. The average molecular weight is 546 g/mol. The quantitative estimate of drug-likeness (QED) is 0.438. The SMILES string of the molecule is C=C(CNC(=O)[C@H](O)[C@@H](O)C(=O)N1CCN(c2ccccc2Cl)CC1)S/C=C(\C)c1ccccc1.CC. The number of hydrogen-bond acceptors (Lipinski definition) is 6. The molecule has 0 bridgehead atoms. The minimum atomic E-state index is -1.87. The summed E-state index contributed by atoms with van der Waals surface area (Å²) >= 11 is 7.61. The summed E-state index contributed by atoms with van der Waals surface area (Å²) < 4.78 is 0. The molecular weight excluding hydrogens is 510 g/mol. The molecule has 3 rings (SSSR count). The summed E-state index contributed by atoms with van der Waals surface area (Å²) in [6, 6.07) is 17.3. The first-order valence-corrected chi connectivity index (χ1v) is 13.5. The molecule has 2 atom stereocenters. The number of benzene rings is 2. The van der Waals surface area contributed by atoms with Crippen LogP contribution in [0.5, 0.6) is 0 Å². The fourth-order valence-electron chi connectivity index (χ4n) is 3.61. The van der Waals surface area contributed by atoms with Crippen LogP contribution in [0.2, 0.25) is 5.02 Å². The Bertz CT molecular complexity index is 1070. The number of halogens is 1. The van der Waals surface area contributed by atoms with Crippen LogP contribution in [0.15, 0.2) is 71.5 Å². The molecule has 1 aliphatic rings. The molecule has 200 valence electrons. The fraction of sp³-hybridized carbons (Fsp3) is 0.357. The van der Waals surface area contributed by atoms with E-state index in [2.05, 4.69) is 16.8 Å². The van der Waals surface area contributed by atoms with Crippen molar-refractivity contribution >= 4 is 46.4 Å². The van der Waals surface area contributed by atoms with Gasteiger partial charge in [-0.3, -0.25) is 9.59 Å². The van der Waals surface area contributed by atoms with Crippen LogP contribution in [-0.4, -0.2) is 71.9 Å². The van der Waals surface area contributed by atoms with E-state index in [4.69, 9.17) is 11.6 Å². The highest BCUT2D eigenvalue weighted by molar-refractivity contribution is 8.06. The molecule has 7 nitrogen and oxygen atoms in total. The van der Waals surface area contributed by atoms with Crippen molar-refractivity contribution < 1.29 is 19.8 Å². The maximum absolute atomic E-state index is 12.7. The van der Waals surface area contributed by atoms with Crippen molar-refractivity contribution in [3.05, 3.63) is 82.1 Å². The third-order valence-electron chi connectivity index (χ3n) is 5.70. The van der Waals surface area contributed by atoms with Crippen LogP contribution in [0.4, 0.5) is 5.69 Å². The maximum atomic E-state index is 12.7. The highest BCUT2D eigenvalue weighted by Crippen LogP contribution is 2.26. The van der Waals surface area contributed by atoms with Crippen molar-refractivity contribution in [1.82, 2.24) is 10.2 Å². The van der Waals surface area contributed by atoms with E-state index in [0.717, 1.165) is 16.8 Å². The third kappa shape index (κ3) is 8.93. The van der Waals surface area contributed by atoms with Crippen LogP contribution >= 0.6 is 23.4 Å². The number of allylic oxidation sites excluding steroid dienone is 1. The van der Waals surface area contributed by atoms with Crippen LogP contribution < -0.4 is 10.2 Å². The Hall–Kier alpha value is -2.78. The zero-order chi connectivity index (χ0) is 27.4. The van der Waals surface area contributed by atoms with Gasteiger partial charge in [0.15, 0.2) is 12.2 Å². The maximum Gasteiger partial charge on any atom is 0.254 e. The number of rotatable bonds is 9. The van der Waals surface area contributed by atoms with Gasteiger partial charge < -0.3 is 25.3 Å². The smallest absolute Gasteiger partial charge is 0.254 e. The molecule has 0 unspecified atom stereocenters. The first kappa shape index (κ1) is 30.4. The standard InChI is InChI=1S/C26H30ClN3O4S.C2H6/c1-18(20-8-4-3-5-9-20)17-35-19(2)16-28-25(33)23(31)24(32)26(34)30-14-12-29(13-15-30)22-11-7-6-10-21(22)27;1-2/h3-11,17,23-24,31-32H,2,12-16H2,1H3,(H,28,33);1-2H3/b18-17+;/t23-,24-;/m1./s1. The van der Waals surface area contributed by atoms with E-state index in [1.165, 1.54) is 16.7 Å². The average Bonchev–Trinajstić information content (AvgIpc) is 2.95. The molecule has 1 saturated heterocycles. The van der Waals surface area contributed by atoms with E-state index in [1.807, 2.05) is 74.7 Å². The van der Waals surface area contributed by atoms with Gasteiger partial charge in [0.05, 0.1) is 10.7 Å². The van der Waals surface area contributed by atoms with Crippen molar-refractivity contribution in [2.45, 2.75) is 33.0 Å². The number of para-hydroxylation sites is 1. The van der Waals surface area contributed by atoms with Crippen molar-refractivity contribution in [2.24, 2.45) is 0 Å². The number of aliphatic hydroxyl groups excluding tert-OH is 2. The summed E-state index contributed by atoms with van der Waals surface area (Å²) in [5.74, 6) is -1.51. The normalized spacial score (nSPS) is 15.2. The number of hydrogen-bond donors (Lipinski definition) is 3. The Morgan fingerprint density at radius 2 is 1.62 bits per heavy atom.